The minimum Gasteiger partial charge on any atom is -0.346 e. The lowest BCUT2D eigenvalue weighted by atomic mass is 9.78. The van der Waals surface area contributed by atoms with E-state index in [1.807, 2.05) is 24.5 Å². The van der Waals surface area contributed by atoms with Crippen LogP contribution >= 0.6 is 0 Å². The minimum atomic E-state index is -0.414. The van der Waals surface area contributed by atoms with Gasteiger partial charge in [0.25, 0.3) is 0 Å². The molecule has 30 heavy (non-hydrogen) atoms. The highest BCUT2D eigenvalue weighted by Crippen LogP contribution is 2.34. The predicted molar refractivity (Wildman–Crippen MR) is 117 cm³/mol. The van der Waals surface area contributed by atoms with Crippen LogP contribution in [0.25, 0.3) is 22.1 Å². The Morgan fingerprint density at radius 3 is 2.47 bits per heavy atom. The van der Waals surface area contributed by atoms with Crippen molar-refractivity contribution in [3.05, 3.63) is 58.7 Å². The first-order valence-electron chi connectivity index (χ1n) is 9.94. The summed E-state index contributed by atoms with van der Waals surface area (Å²) < 4.78 is 0. The van der Waals surface area contributed by atoms with Crippen molar-refractivity contribution >= 4 is 22.1 Å². The molecule has 4 aromatic rings. The largest absolute Gasteiger partial charge is 0.346 e. The summed E-state index contributed by atoms with van der Waals surface area (Å²) in [5, 5.41) is 21.4. The molecule has 0 unspecified atom stereocenters. The zero-order valence-electron chi connectivity index (χ0n) is 17.9. The van der Waals surface area contributed by atoms with Crippen LogP contribution in [0.5, 0.6) is 0 Å². The lowest BCUT2D eigenvalue weighted by Gasteiger charge is -2.25. The fourth-order valence-corrected chi connectivity index (χ4v) is 3.91. The Bertz CT molecular complexity index is 1350. The summed E-state index contributed by atoms with van der Waals surface area (Å²) in [7, 11) is 0. The van der Waals surface area contributed by atoms with Crippen molar-refractivity contribution in [1.29, 1.82) is 10.5 Å². The maximum Gasteiger partial charge on any atom is 0.146 e. The van der Waals surface area contributed by atoms with E-state index in [-0.39, 0.29) is 5.41 Å². The van der Waals surface area contributed by atoms with E-state index in [4.69, 9.17) is 0 Å². The van der Waals surface area contributed by atoms with Crippen LogP contribution in [0.15, 0.2) is 30.6 Å². The number of nitriles is 2. The van der Waals surface area contributed by atoms with E-state index in [0.717, 1.165) is 27.6 Å². The smallest absolute Gasteiger partial charge is 0.146 e. The van der Waals surface area contributed by atoms with Crippen molar-refractivity contribution in [2.75, 3.05) is 0 Å². The van der Waals surface area contributed by atoms with Gasteiger partial charge in [-0.15, -0.1) is 0 Å². The third-order valence-corrected chi connectivity index (χ3v) is 5.69. The molecule has 2 N–H and O–H groups in total. The topological polar surface area (TPSA) is 105 Å². The molecular formula is C24H24N6. The van der Waals surface area contributed by atoms with Crippen molar-refractivity contribution in [3.63, 3.8) is 0 Å². The molecule has 0 atom stereocenters. The molecule has 0 fully saturated rings. The van der Waals surface area contributed by atoms with Crippen LogP contribution < -0.4 is 0 Å². The molecule has 0 bridgehead atoms. The summed E-state index contributed by atoms with van der Waals surface area (Å²) in [4.78, 5) is 15.5. The standard InChI is InChI=1S/C24H24N6/c1-23(2,3)15-9-16-17(11-25)19(29-22(16)28-13-15)10-24(4,5)18-8-14-6-7-27-21(14)30-20(18)12-26/h6-9,13H,10H2,1-5H3,(H,27,30)(H,28,29). The van der Waals surface area contributed by atoms with Gasteiger partial charge in [0.2, 0.25) is 0 Å². The van der Waals surface area contributed by atoms with Crippen LogP contribution in [0.4, 0.5) is 0 Å². The molecule has 6 heteroatoms. The van der Waals surface area contributed by atoms with Crippen molar-refractivity contribution in [1.82, 2.24) is 19.9 Å². The van der Waals surface area contributed by atoms with E-state index in [1.54, 1.807) is 0 Å². The van der Waals surface area contributed by atoms with Crippen molar-refractivity contribution in [2.24, 2.45) is 0 Å². The highest BCUT2D eigenvalue weighted by Gasteiger charge is 2.29. The van der Waals surface area contributed by atoms with E-state index in [9.17, 15) is 10.5 Å². The van der Waals surface area contributed by atoms with Gasteiger partial charge in [-0.05, 0) is 46.6 Å². The van der Waals surface area contributed by atoms with Gasteiger partial charge < -0.3 is 9.97 Å². The van der Waals surface area contributed by atoms with Crippen molar-refractivity contribution in [3.8, 4) is 12.1 Å². The predicted octanol–water partition coefficient (Wildman–Crippen LogP) is 5.00. The summed E-state index contributed by atoms with van der Waals surface area (Å²) in [5.74, 6) is 0. The average Bonchev–Trinajstić information content (AvgIpc) is 3.28. The fourth-order valence-electron chi connectivity index (χ4n) is 3.91. The van der Waals surface area contributed by atoms with Crippen molar-refractivity contribution in [2.45, 2.75) is 51.9 Å². The Balaban J connectivity index is 1.82. The molecule has 4 aromatic heterocycles. The fraction of sp³-hybridized carbons (Fsp3) is 0.333. The van der Waals surface area contributed by atoms with Crippen LogP contribution in [0, 0.1) is 22.7 Å². The van der Waals surface area contributed by atoms with Gasteiger partial charge in [-0.3, -0.25) is 0 Å². The van der Waals surface area contributed by atoms with Crippen molar-refractivity contribution < 1.29 is 0 Å². The monoisotopic (exact) mass is 396 g/mol. The number of nitrogens with one attached hydrogen (secondary N) is 2. The molecule has 150 valence electrons. The number of hydrogen-bond donors (Lipinski definition) is 2. The maximum absolute atomic E-state index is 9.91. The Labute approximate surface area is 175 Å². The highest BCUT2D eigenvalue weighted by atomic mass is 14.9. The number of pyridine rings is 2. The van der Waals surface area contributed by atoms with Gasteiger partial charge in [-0.2, -0.15) is 10.5 Å². The first-order chi connectivity index (χ1) is 14.1. The van der Waals surface area contributed by atoms with Crippen LogP contribution in [-0.2, 0) is 17.3 Å². The summed E-state index contributed by atoms with van der Waals surface area (Å²) in [6, 6.07) is 10.6. The molecular weight excluding hydrogens is 372 g/mol. The maximum atomic E-state index is 9.91. The van der Waals surface area contributed by atoms with Gasteiger partial charge in [0.1, 0.15) is 29.1 Å². The van der Waals surface area contributed by atoms with Gasteiger partial charge in [-0.25, -0.2) is 9.97 Å². The van der Waals surface area contributed by atoms with Crippen LogP contribution in [0.3, 0.4) is 0 Å². The zero-order chi connectivity index (χ0) is 21.7. The van der Waals surface area contributed by atoms with E-state index in [2.05, 4.69) is 72.8 Å². The summed E-state index contributed by atoms with van der Waals surface area (Å²) in [5.41, 5.74) is 4.75. The SMILES string of the molecule is CC(C)(C)c1cnc2[nH]c(CC(C)(C)c3cc4cc[nH]c4nc3C#N)c(C#N)c2c1. The number of aromatic amines is 2. The number of H-pyrrole nitrogens is 2. The summed E-state index contributed by atoms with van der Waals surface area (Å²) in [6.45, 7) is 10.5. The molecule has 0 radical (unpaired) electrons. The number of nitrogens with zero attached hydrogens (tertiary/aromatic N) is 4. The van der Waals surface area contributed by atoms with Crippen LogP contribution in [0.2, 0.25) is 0 Å². The molecule has 0 spiro atoms. The number of fused-ring (bicyclic) bond motifs is 2. The first kappa shape index (κ1) is 19.7. The molecule has 0 saturated carbocycles. The Morgan fingerprint density at radius 1 is 1.03 bits per heavy atom. The second-order valence-corrected chi connectivity index (χ2v) is 9.43. The Hall–Kier alpha value is -3.64. The first-order valence-corrected chi connectivity index (χ1v) is 9.94. The molecule has 0 aliphatic rings. The zero-order valence-corrected chi connectivity index (χ0v) is 17.9. The third kappa shape index (κ3) is 3.21. The van der Waals surface area contributed by atoms with Gasteiger partial charge in [0.15, 0.2) is 0 Å². The molecule has 0 saturated heterocycles. The Morgan fingerprint density at radius 2 is 1.80 bits per heavy atom. The Kier molecular flexibility index (Phi) is 4.40. The molecule has 4 heterocycles. The second-order valence-electron chi connectivity index (χ2n) is 9.43. The number of rotatable bonds is 3. The molecule has 0 aliphatic heterocycles. The van der Waals surface area contributed by atoms with Gasteiger partial charge in [-0.1, -0.05) is 34.6 Å². The molecule has 0 amide bonds. The average molecular weight is 396 g/mol. The van der Waals surface area contributed by atoms with E-state index < -0.39 is 5.41 Å². The molecule has 0 aliphatic carbocycles. The van der Waals surface area contributed by atoms with Gasteiger partial charge in [0, 0.05) is 28.9 Å². The minimum absolute atomic E-state index is 0.0516. The lowest BCUT2D eigenvalue weighted by Crippen LogP contribution is -2.23. The summed E-state index contributed by atoms with van der Waals surface area (Å²) >= 11 is 0. The highest BCUT2D eigenvalue weighted by molar-refractivity contribution is 5.85. The quantitative estimate of drug-likeness (QED) is 0.508. The summed E-state index contributed by atoms with van der Waals surface area (Å²) in [6.07, 6.45) is 4.25. The lowest BCUT2D eigenvalue weighted by molar-refractivity contribution is 0.514. The van der Waals surface area contributed by atoms with Crippen LogP contribution in [0.1, 0.15) is 62.7 Å². The normalized spacial score (nSPS) is 12.2. The van der Waals surface area contributed by atoms with E-state index in [0.29, 0.717) is 29.0 Å². The number of hydrogen-bond acceptors (Lipinski definition) is 4. The second kappa shape index (κ2) is 6.71. The third-order valence-electron chi connectivity index (χ3n) is 5.69. The number of aromatic nitrogens is 4. The molecule has 0 aromatic carbocycles. The van der Waals surface area contributed by atoms with E-state index >= 15 is 0 Å². The molecule has 6 nitrogen and oxygen atoms in total. The van der Waals surface area contributed by atoms with Gasteiger partial charge >= 0.3 is 0 Å². The van der Waals surface area contributed by atoms with Gasteiger partial charge in [0.05, 0.1) is 5.56 Å². The molecule has 4 rings (SSSR count). The van der Waals surface area contributed by atoms with E-state index in [1.165, 1.54) is 0 Å². The van der Waals surface area contributed by atoms with Crippen LogP contribution in [-0.4, -0.2) is 19.9 Å².